The molecule has 0 spiro atoms. The Morgan fingerprint density at radius 3 is 2.64 bits per heavy atom. The quantitative estimate of drug-likeness (QED) is 0.644. The first-order valence-corrected chi connectivity index (χ1v) is 3.24. The second kappa shape index (κ2) is 2.88. The van der Waals surface area contributed by atoms with Gasteiger partial charge in [0.1, 0.15) is 0 Å². The lowest BCUT2D eigenvalue weighted by Crippen LogP contribution is -1.91. The molecule has 0 unspecified atom stereocenters. The molecule has 0 fully saturated rings. The molecule has 0 heterocycles. The first-order chi connectivity index (χ1) is 5.15. The Morgan fingerprint density at radius 1 is 1.45 bits per heavy atom. The van der Waals surface area contributed by atoms with Crippen LogP contribution in [0.25, 0.3) is 0 Å². The van der Waals surface area contributed by atoms with Gasteiger partial charge < -0.3 is 10.2 Å². The predicted molar refractivity (Wildman–Crippen MR) is 38.7 cm³/mol. The Bertz CT molecular complexity index is 271. The van der Waals surface area contributed by atoms with E-state index in [4.69, 9.17) is 10.2 Å². The van der Waals surface area contributed by atoms with Crippen LogP contribution in [0.1, 0.15) is 11.1 Å². The minimum absolute atomic E-state index is 0.127. The zero-order chi connectivity index (χ0) is 8.43. The van der Waals surface area contributed by atoms with Crippen LogP contribution >= 0.6 is 0 Å². The maximum absolute atomic E-state index is 12.8. The van der Waals surface area contributed by atoms with E-state index in [2.05, 4.69) is 0 Å². The Morgan fingerprint density at radius 2 is 2.09 bits per heavy atom. The number of benzene rings is 1. The van der Waals surface area contributed by atoms with Crippen molar-refractivity contribution in [3.8, 4) is 5.75 Å². The van der Waals surface area contributed by atoms with Crippen LogP contribution in [0.5, 0.6) is 5.75 Å². The molecule has 0 aliphatic rings. The molecule has 3 heteroatoms. The van der Waals surface area contributed by atoms with Crippen molar-refractivity contribution in [3.05, 3.63) is 29.1 Å². The van der Waals surface area contributed by atoms with Crippen LogP contribution in [0.15, 0.2) is 12.1 Å². The molecule has 1 aromatic carbocycles. The van der Waals surface area contributed by atoms with Gasteiger partial charge in [-0.1, -0.05) is 6.07 Å². The molecule has 2 nitrogen and oxygen atoms in total. The van der Waals surface area contributed by atoms with Crippen molar-refractivity contribution in [3.63, 3.8) is 0 Å². The highest BCUT2D eigenvalue weighted by atomic mass is 19.1. The fourth-order valence-electron chi connectivity index (χ4n) is 0.938. The summed E-state index contributed by atoms with van der Waals surface area (Å²) in [5, 5.41) is 17.5. The van der Waals surface area contributed by atoms with Crippen molar-refractivity contribution < 1.29 is 14.6 Å². The van der Waals surface area contributed by atoms with Crippen molar-refractivity contribution in [2.24, 2.45) is 0 Å². The van der Waals surface area contributed by atoms with E-state index in [9.17, 15) is 4.39 Å². The lowest BCUT2D eigenvalue weighted by atomic mass is 10.1. The maximum Gasteiger partial charge on any atom is 0.170 e. The largest absolute Gasteiger partial charge is 0.505 e. The molecule has 0 atom stereocenters. The number of halogens is 1. The topological polar surface area (TPSA) is 40.5 Å². The van der Waals surface area contributed by atoms with Crippen molar-refractivity contribution in [1.82, 2.24) is 0 Å². The van der Waals surface area contributed by atoms with Gasteiger partial charge in [0.15, 0.2) is 11.6 Å². The summed E-state index contributed by atoms with van der Waals surface area (Å²) in [6, 6.07) is 2.81. The summed E-state index contributed by atoms with van der Waals surface area (Å²) in [4.78, 5) is 0. The van der Waals surface area contributed by atoms with E-state index < -0.39 is 11.6 Å². The van der Waals surface area contributed by atoms with Gasteiger partial charge in [0.25, 0.3) is 0 Å². The van der Waals surface area contributed by atoms with E-state index in [1.54, 1.807) is 6.92 Å². The zero-order valence-electron chi connectivity index (χ0n) is 6.13. The van der Waals surface area contributed by atoms with E-state index in [-0.39, 0.29) is 12.2 Å². The number of aromatic hydroxyl groups is 1. The number of hydrogen-bond acceptors (Lipinski definition) is 2. The van der Waals surface area contributed by atoms with Crippen LogP contribution in [0.4, 0.5) is 4.39 Å². The van der Waals surface area contributed by atoms with Crippen molar-refractivity contribution in [1.29, 1.82) is 0 Å². The van der Waals surface area contributed by atoms with E-state index >= 15 is 0 Å². The molecule has 0 saturated carbocycles. The summed E-state index contributed by atoms with van der Waals surface area (Å²) in [6.07, 6.45) is 0. The third kappa shape index (κ3) is 1.49. The van der Waals surface area contributed by atoms with Gasteiger partial charge in [0.2, 0.25) is 0 Å². The van der Waals surface area contributed by atoms with Gasteiger partial charge in [0, 0.05) is 5.56 Å². The summed E-state index contributed by atoms with van der Waals surface area (Å²) in [7, 11) is 0. The van der Waals surface area contributed by atoms with Gasteiger partial charge >= 0.3 is 0 Å². The SMILES string of the molecule is Cc1cc(O)c(F)c(CO)c1. The molecule has 0 saturated heterocycles. The summed E-state index contributed by atoms with van der Waals surface area (Å²) >= 11 is 0. The van der Waals surface area contributed by atoms with Crippen LogP contribution in [-0.2, 0) is 6.61 Å². The van der Waals surface area contributed by atoms with Crippen LogP contribution in [0.3, 0.4) is 0 Å². The average Bonchev–Trinajstić information content (AvgIpc) is 1.96. The third-order valence-electron chi connectivity index (χ3n) is 1.44. The minimum atomic E-state index is -0.738. The molecule has 2 N–H and O–H groups in total. The number of phenols is 1. The number of aliphatic hydroxyl groups is 1. The van der Waals surface area contributed by atoms with E-state index in [1.165, 1.54) is 12.1 Å². The molecule has 0 radical (unpaired) electrons. The molecule has 0 aliphatic heterocycles. The molecule has 1 rings (SSSR count). The average molecular weight is 156 g/mol. The molecule has 0 amide bonds. The number of aliphatic hydroxyl groups excluding tert-OH is 1. The highest BCUT2D eigenvalue weighted by molar-refractivity contribution is 5.34. The van der Waals surface area contributed by atoms with Gasteiger partial charge in [0.05, 0.1) is 6.61 Å². The zero-order valence-corrected chi connectivity index (χ0v) is 6.13. The Labute approximate surface area is 63.9 Å². The van der Waals surface area contributed by atoms with Crippen LogP contribution in [0.2, 0.25) is 0 Å². The summed E-state index contributed by atoms with van der Waals surface area (Å²) < 4.78 is 12.8. The molecule has 0 aliphatic carbocycles. The predicted octanol–water partition coefficient (Wildman–Crippen LogP) is 1.33. The third-order valence-corrected chi connectivity index (χ3v) is 1.44. The van der Waals surface area contributed by atoms with Crippen LogP contribution in [-0.4, -0.2) is 10.2 Å². The van der Waals surface area contributed by atoms with Crippen LogP contribution < -0.4 is 0 Å². The monoisotopic (exact) mass is 156 g/mol. The fourth-order valence-corrected chi connectivity index (χ4v) is 0.938. The molecule has 0 aromatic heterocycles. The van der Waals surface area contributed by atoms with Gasteiger partial charge in [-0.25, -0.2) is 4.39 Å². The van der Waals surface area contributed by atoms with Crippen LogP contribution in [0, 0.1) is 12.7 Å². The number of aryl methyl sites for hydroxylation is 1. The first-order valence-electron chi connectivity index (χ1n) is 3.24. The normalized spacial score (nSPS) is 10.1. The Balaban J connectivity index is 3.24. The van der Waals surface area contributed by atoms with E-state index in [0.717, 1.165) is 5.56 Å². The molecule has 60 valence electrons. The standard InChI is InChI=1S/C8H9FO2/c1-5-2-6(4-10)8(9)7(11)3-5/h2-3,10-11H,4H2,1H3. The Hall–Kier alpha value is -1.09. The minimum Gasteiger partial charge on any atom is -0.505 e. The van der Waals surface area contributed by atoms with Gasteiger partial charge in [-0.2, -0.15) is 0 Å². The first kappa shape index (κ1) is 8.01. The van der Waals surface area contributed by atoms with Crippen molar-refractivity contribution in [2.45, 2.75) is 13.5 Å². The van der Waals surface area contributed by atoms with E-state index in [0.29, 0.717) is 0 Å². The van der Waals surface area contributed by atoms with Gasteiger partial charge in [-0.05, 0) is 18.6 Å². The van der Waals surface area contributed by atoms with Crippen molar-refractivity contribution in [2.75, 3.05) is 0 Å². The van der Waals surface area contributed by atoms with Gasteiger partial charge in [-0.3, -0.25) is 0 Å². The lowest BCUT2D eigenvalue weighted by Gasteiger charge is -2.02. The molecular formula is C8H9FO2. The Kier molecular flexibility index (Phi) is 2.10. The highest BCUT2D eigenvalue weighted by Gasteiger charge is 2.06. The molecule has 11 heavy (non-hydrogen) atoms. The maximum atomic E-state index is 12.8. The second-order valence-electron chi connectivity index (χ2n) is 2.42. The second-order valence-corrected chi connectivity index (χ2v) is 2.42. The van der Waals surface area contributed by atoms with Gasteiger partial charge in [-0.15, -0.1) is 0 Å². The highest BCUT2D eigenvalue weighted by Crippen LogP contribution is 2.20. The van der Waals surface area contributed by atoms with Crippen molar-refractivity contribution >= 4 is 0 Å². The van der Waals surface area contributed by atoms with E-state index in [1.807, 2.05) is 0 Å². The summed E-state index contributed by atoms with van der Waals surface area (Å²) in [5.74, 6) is -1.15. The molecular weight excluding hydrogens is 147 g/mol. The molecule has 0 bridgehead atoms. The summed E-state index contributed by atoms with van der Waals surface area (Å²) in [6.45, 7) is 1.33. The fraction of sp³-hybridized carbons (Fsp3) is 0.250. The number of rotatable bonds is 1. The number of hydrogen-bond donors (Lipinski definition) is 2. The smallest absolute Gasteiger partial charge is 0.170 e. The lowest BCUT2D eigenvalue weighted by molar-refractivity contribution is 0.273. The number of phenolic OH excluding ortho intramolecular Hbond substituents is 1. The molecule has 1 aromatic rings. The summed E-state index contributed by atoms with van der Waals surface area (Å²) in [5.41, 5.74) is 0.857.